The number of rotatable bonds is 2. The number of carbonyl (C=O) groups is 1. The predicted molar refractivity (Wildman–Crippen MR) is 91.9 cm³/mol. The molecule has 0 radical (unpaired) electrons. The van der Waals surface area contributed by atoms with Gasteiger partial charge >= 0.3 is 0 Å². The Hall–Kier alpha value is -1.65. The predicted octanol–water partition coefficient (Wildman–Crippen LogP) is 1.30. The average molecular weight is 311 g/mol. The lowest BCUT2D eigenvalue weighted by Crippen LogP contribution is -2.51. The Balaban J connectivity index is 1.51. The van der Waals surface area contributed by atoms with Crippen LogP contribution in [-0.2, 0) is 4.79 Å². The molecule has 0 spiro atoms. The van der Waals surface area contributed by atoms with E-state index < -0.39 is 0 Å². The maximum atomic E-state index is 13.1. The molecule has 2 heterocycles. The van der Waals surface area contributed by atoms with Crippen molar-refractivity contribution in [3.63, 3.8) is 0 Å². The molecule has 4 nitrogen and oxygen atoms in total. The van der Waals surface area contributed by atoms with Gasteiger partial charge in [0.25, 0.3) is 0 Å². The van der Waals surface area contributed by atoms with Crippen molar-refractivity contribution in [3.05, 3.63) is 48.6 Å². The van der Waals surface area contributed by atoms with Crippen LogP contribution in [0.1, 0.15) is 0 Å². The van der Waals surface area contributed by atoms with Crippen molar-refractivity contribution >= 4 is 5.91 Å². The van der Waals surface area contributed by atoms with Crippen LogP contribution in [0.25, 0.3) is 0 Å². The molecule has 0 aromatic heterocycles. The van der Waals surface area contributed by atoms with Crippen LogP contribution in [0, 0.1) is 11.8 Å². The normalized spacial score (nSPS) is 36.3. The first-order valence-corrected chi connectivity index (χ1v) is 8.66. The lowest BCUT2D eigenvalue weighted by molar-refractivity contribution is -0.134. The van der Waals surface area contributed by atoms with Gasteiger partial charge < -0.3 is 9.80 Å². The van der Waals surface area contributed by atoms with Crippen LogP contribution in [-0.4, -0.2) is 72.5 Å². The Labute approximate surface area is 138 Å². The van der Waals surface area contributed by atoms with E-state index in [0.29, 0.717) is 18.4 Å². The largest absolute Gasteiger partial charge is 0.327 e. The van der Waals surface area contributed by atoms with E-state index >= 15 is 0 Å². The van der Waals surface area contributed by atoms with Crippen LogP contribution in [0.15, 0.2) is 48.6 Å². The third kappa shape index (κ3) is 2.70. The number of piperazine rings is 1. The van der Waals surface area contributed by atoms with Gasteiger partial charge in [0.2, 0.25) is 5.91 Å². The van der Waals surface area contributed by atoms with Crippen molar-refractivity contribution in [1.82, 2.24) is 14.7 Å². The van der Waals surface area contributed by atoms with Crippen molar-refractivity contribution < 1.29 is 4.79 Å². The van der Waals surface area contributed by atoms with Crippen molar-refractivity contribution in [2.45, 2.75) is 12.1 Å². The van der Waals surface area contributed by atoms with Crippen LogP contribution in [0.3, 0.4) is 0 Å². The van der Waals surface area contributed by atoms with Gasteiger partial charge in [-0.1, -0.05) is 48.6 Å². The molecule has 4 atom stereocenters. The third-order valence-corrected chi connectivity index (χ3v) is 5.62. The molecule has 0 bridgehead atoms. The number of hydrogen-bond acceptors (Lipinski definition) is 3. The minimum absolute atomic E-state index is 0.211. The highest BCUT2D eigenvalue weighted by Gasteiger charge is 2.47. The molecule has 4 unspecified atom stereocenters. The molecular weight excluding hydrogens is 286 g/mol. The van der Waals surface area contributed by atoms with E-state index in [2.05, 4.69) is 70.4 Å². The summed E-state index contributed by atoms with van der Waals surface area (Å²) in [6.07, 6.45) is 17.4. The first-order valence-electron chi connectivity index (χ1n) is 8.66. The fourth-order valence-corrected chi connectivity index (χ4v) is 4.30. The molecule has 4 heteroatoms. The Morgan fingerprint density at radius 1 is 0.870 bits per heavy atom. The molecule has 2 fully saturated rings. The first kappa shape index (κ1) is 14.9. The Morgan fingerprint density at radius 3 is 1.96 bits per heavy atom. The number of hydrogen-bond donors (Lipinski definition) is 0. The lowest BCUT2D eigenvalue weighted by Gasteiger charge is -2.35. The van der Waals surface area contributed by atoms with E-state index in [1.165, 1.54) is 0 Å². The van der Waals surface area contributed by atoms with Gasteiger partial charge in [-0.3, -0.25) is 9.69 Å². The van der Waals surface area contributed by atoms with Gasteiger partial charge in [0.1, 0.15) is 0 Å². The molecule has 4 rings (SSSR count). The topological polar surface area (TPSA) is 26.8 Å². The highest BCUT2D eigenvalue weighted by Crippen LogP contribution is 2.41. The Bertz CT molecular complexity index is 549. The second-order valence-corrected chi connectivity index (χ2v) is 7.06. The summed E-state index contributed by atoms with van der Waals surface area (Å²) in [5, 5.41) is 0. The molecule has 0 N–H and O–H groups in total. The zero-order valence-electron chi connectivity index (χ0n) is 13.7. The first-order chi connectivity index (χ1) is 11.2. The average Bonchev–Trinajstić information content (AvgIpc) is 2.91. The molecule has 4 aliphatic rings. The summed E-state index contributed by atoms with van der Waals surface area (Å²) in [6, 6.07) is 0.421. The number of allylic oxidation sites excluding steroid dienone is 4. The summed E-state index contributed by atoms with van der Waals surface area (Å²) < 4.78 is 0. The smallest absolute Gasteiger partial charge is 0.237 e. The SMILES string of the molecule is CN1CCN(CC(=O)N2C3C=CC=CC3C3C=CC=CC32)CC1. The van der Waals surface area contributed by atoms with E-state index in [9.17, 15) is 4.79 Å². The van der Waals surface area contributed by atoms with Gasteiger partial charge in [-0.05, 0) is 7.05 Å². The highest BCUT2D eigenvalue weighted by atomic mass is 16.2. The van der Waals surface area contributed by atoms with Gasteiger partial charge in [-0.25, -0.2) is 0 Å². The number of fused-ring (bicyclic) bond motifs is 3. The summed E-state index contributed by atoms with van der Waals surface area (Å²) in [5.74, 6) is 1.11. The number of carbonyl (C=O) groups excluding carboxylic acids is 1. The molecule has 2 aliphatic carbocycles. The monoisotopic (exact) mass is 311 g/mol. The number of likely N-dealkylation sites (tertiary alicyclic amines) is 1. The molecule has 0 aromatic rings. The Kier molecular flexibility index (Phi) is 3.95. The van der Waals surface area contributed by atoms with Gasteiger partial charge in [-0.15, -0.1) is 0 Å². The molecule has 122 valence electrons. The van der Waals surface area contributed by atoms with Crippen LogP contribution in [0.2, 0.25) is 0 Å². The van der Waals surface area contributed by atoms with Crippen LogP contribution in [0.4, 0.5) is 0 Å². The van der Waals surface area contributed by atoms with E-state index in [4.69, 9.17) is 0 Å². The molecule has 1 amide bonds. The second-order valence-electron chi connectivity index (χ2n) is 7.06. The minimum atomic E-state index is 0.211. The quantitative estimate of drug-likeness (QED) is 0.769. The van der Waals surface area contributed by atoms with Crippen LogP contribution >= 0.6 is 0 Å². The zero-order chi connectivity index (χ0) is 15.8. The number of nitrogens with zero attached hydrogens (tertiary/aromatic N) is 3. The summed E-state index contributed by atoms with van der Waals surface area (Å²) in [5.41, 5.74) is 0. The number of likely N-dealkylation sites (N-methyl/N-ethyl adjacent to an activating group) is 1. The molecule has 23 heavy (non-hydrogen) atoms. The van der Waals surface area contributed by atoms with Gasteiger partial charge in [0.05, 0.1) is 18.6 Å². The lowest BCUT2D eigenvalue weighted by atomic mass is 9.83. The highest BCUT2D eigenvalue weighted by molar-refractivity contribution is 5.80. The van der Waals surface area contributed by atoms with E-state index in [1.807, 2.05) is 0 Å². The maximum Gasteiger partial charge on any atom is 0.237 e. The van der Waals surface area contributed by atoms with Crippen molar-refractivity contribution in [1.29, 1.82) is 0 Å². The van der Waals surface area contributed by atoms with Crippen molar-refractivity contribution in [2.75, 3.05) is 39.8 Å². The van der Waals surface area contributed by atoms with Crippen LogP contribution < -0.4 is 0 Å². The minimum Gasteiger partial charge on any atom is -0.327 e. The molecule has 0 aromatic carbocycles. The fourth-order valence-electron chi connectivity index (χ4n) is 4.30. The second kappa shape index (κ2) is 6.10. The third-order valence-electron chi connectivity index (χ3n) is 5.62. The standard InChI is InChI=1S/C19H25N3O/c1-20-10-12-21(13-11-20)14-19(23)22-17-8-4-2-6-15(17)16-7-3-5-9-18(16)22/h2-9,15-18H,10-14H2,1H3. The van der Waals surface area contributed by atoms with E-state index in [-0.39, 0.29) is 18.0 Å². The van der Waals surface area contributed by atoms with E-state index in [1.54, 1.807) is 0 Å². The van der Waals surface area contributed by atoms with Crippen molar-refractivity contribution in [3.8, 4) is 0 Å². The summed E-state index contributed by atoms with van der Waals surface area (Å²) in [6.45, 7) is 4.64. The van der Waals surface area contributed by atoms with Gasteiger partial charge in [0.15, 0.2) is 0 Å². The zero-order valence-corrected chi connectivity index (χ0v) is 13.7. The van der Waals surface area contributed by atoms with Gasteiger partial charge in [-0.2, -0.15) is 0 Å². The Morgan fingerprint density at radius 2 is 1.39 bits per heavy atom. The summed E-state index contributed by atoms with van der Waals surface area (Å²) in [7, 11) is 2.15. The maximum absolute atomic E-state index is 13.1. The fraction of sp³-hybridized carbons (Fsp3) is 0.526. The summed E-state index contributed by atoms with van der Waals surface area (Å²) >= 11 is 0. The molecular formula is C19H25N3O. The van der Waals surface area contributed by atoms with Gasteiger partial charge in [0, 0.05) is 38.0 Å². The molecule has 0 saturated carbocycles. The van der Waals surface area contributed by atoms with E-state index in [0.717, 1.165) is 26.2 Å². The van der Waals surface area contributed by atoms with Crippen molar-refractivity contribution in [2.24, 2.45) is 11.8 Å². The number of amides is 1. The van der Waals surface area contributed by atoms with Crippen LogP contribution in [0.5, 0.6) is 0 Å². The molecule has 2 saturated heterocycles. The molecule has 2 aliphatic heterocycles. The summed E-state index contributed by atoms with van der Waals surface area (Å²) in [4.78, 5) is 19.8.